The predicted octanol–water partition coefficient (Wildman–Crippen LogP) is 6.11. The van der Waals surface area contributed by atoms with Crippen LogP contribution in [0.5, 0.6) is 0 Å². The summed E-state index contributed by atoms with van der Waals surface area (Å²) in [6.45, 7) is 0. The summed E-state index contributed by atoms with van der Waals surface area (Å²) >= 11 is 15.3. The van der Waals surface area contributed by atoms with Gasteiger partial charge in [-0.15, -0.1) is 11.8 Å². The topological polar surface area (TPSA) is 42.0 Å². The van der Waals surface area contributed by atoms with Gasteiger partial charge in [0.1, 0.15) is 5.52 Å². The molecule has 0 saturated carbocycles. The van der Waals surface area contributed by atoms with Gasteiger partial charge in [0.05, 0.1) is 14.7 Å². The van der Waals surface area contributed by atoms with E-state index in [1.54, 1.807) is 17.8 Å². The van der Waals surface area contributed by atoms with Crippen LogP contribution in [0.15, 0.2) is 47.4 Å². The maximum absolute atomic E-state index is 12.0. The lowest BCUT2D eigenvalue weighted by Crippen LogP contribution is -2.11. The second-order valence-electron chi connectivity index (χ2n) is 5.04. The number of halogens is 2. The van der Waals surface area contributed by atoms with Gasteiger partial charge in [0.15, 0.2) is 5.13 Å². The van der Waals surface area contributed by atoms with Crippen molar-refractivity contribution in [3.05, 3.63) is 52.5 Å². The van der Waals surface area contributed by atoms with Crippen molar-refractivity contribution in [2.75, 3.05) is 11.1 Å². The molecule has 1 N–H and O–H groups in total. The number of carbonyl (C=O) groups is 1. The highest BCUT2D eigenvalue weighted by molar-refractivity contribution is 7.99. The molecule has 0 saturated heterocycles. The van der Waals surface area contributed by atoms with Crippen LogP contribution in [0.1, 0.15) is 12.8 Å². The van der Waals surface area contributed by atoms with Crippen molar-refractivity contribution in [3.8, 4) is 0 Å². The van der Waals surface area contributed by atoms with Crippen molar-refractivity contribution in [1.29, 1.82) is 0 Å². The van der Waals surface area contributed by atoms with Crippen molar-refractivity contribution in [3.63, 3.8) is 0 Å². The fourth-order valence-corrected chi connectivity index (χ4v) is 4.29. The highest BCUT2D eigenvalue weighted by Crippen LogP contribution is 2.35. The lowest BCUT2D eigenvalue weighted by molar-refractivity contribution is -0.116. The van der Waals surface area contributed by atoms with E-state index in [0.717, 1.165) is 16.9 Å². The third kappa shape index (κ3) is 4.42. The summed E-state index contributed by atoms with van der Waals surface area (Å²) in [5.74, 6) is 0.864. The zero-order valence-corrected chi connectivity index (χ0v) is 15.7. The number of benzene rings is 2. The van der Waals surface area contributed by atoms with Crippen LogP contribution in [0.25, 0.3) is 10.2 Å². The van der Waals surface area contributed by atoms with E-state index in [-0.39, 0.29) is 5.91 Å². The lowest BCUT2D eigenvalue weighted by atomic mass is 10.3. The first kappa shape index (κ1) is 17.5. The van der Waals surface area contributed by atoms with Gasteiger partial charge >= 0.3 is 0 Å². The van der Waals surface area contributed by atoms with Crippen LogP contribution in [0.2, 0.25) is 10.0 Å². The maximum atomic E-state index is 12.0. The predicted molar refractivity (Wildman–Crippen MR) is 105 cm³/mol. The molecule has 0 aliphatic heterocycles. The Morgan fingerprint density at radius 2 is 1.96 bits per heavy atom. The quantitative estimate of drug-likeness (QED) is 0.403. The van der Waals surface area contributed by atoms with Crippen LogP contribution in [0.3, 0.4) is 0 Å². The molecule has 3 nitrogen and oxygen atoms in total. The van der Waals surface area contributed by atoms with E-state index in [4.69, 9.17) is 23.2 Å². The van der Waals surface area contributed by atoms with Gasteiger partial charge in [-0.3, -0.25) is 4.79 Å². The number of thioether (sulfide) groups is 1. The number of amides is 1. The van der Waals surface area contributed by atoms with Crippen LogP contribution in [0.4, 0.5) is 5.13 Å². The Kier molecular flexibility index (Phi) is 6.00. The Bertz CT molecular complexity index is 852. The second kappa shape index (κ2) is 8.21. The molecule has 0 radical (unpaired) electrons. The molecule has 1 heterocycles. The molecule has 0 bridgehead atoms. The fraction of sp³-hybridized carbons (Fsp3) is 0.176. The van der Waals surface area contributed by atoms with Crippen LogP contribution in [-0.2, 0) is 4.79 Å². The zero-order valence-electron chi connectivity index (χ0n) is 12.6. The minimum absolute atomic E-state index is 0.0371. The number of hydrogen-bond acceptors (Lipinski definition) is 4. The number of thiazole rings is 1. The Balaban J connectivity index is 1.51. The molecule has 124 valence electrons. The zero-order chi connectivity index (χ0) is 16.9. The molecule has 7 heteroatoms. The Labute approximate surface area is 158 Å². The highest BCUT2D eigenvalue weighted by atomic mass is 35.5. The van der Waals surface area contributed by atoms with Crippen LogP contribution < -0.4 is 5.32 Å². The molecule has 0 fully saturated rings. The number of fused-ring (bicyclic) bond motifs is 1. The number of rotatable bonds is 6. The Hall–Kier alpha value is -1.27. The largest absolute Gasteiger partial charge is 0.302 e. The smallest absolute Gasteiger partial charge is 0.226 e. The van der Waals surface area contributed by atoms with E-state index < -0.39 is 0 Å². The number of anilines is 1. The van der Waals surface area contributed by atoms with E-state index in [2.05, 4.69) is 22.4 Å². The van der Waals surface area contributed by atoms with Gasteiger partial charge in [-0.2, -0.15) is 0 Å². The Morgan fingerprint density at radius 3 is 2.75 bits per heavy atom. The van der Waals surface area contributed by atoms with E-state index >= 15 is 0 Å². The van der Waals surface area contributed by atoms with Crippen molar-refractivity contribution in [2.45, 2.75) is 17.7 Å². The summed E-state index contributed by atoms with van der Waals surface area (Å²) in [5.41, 5.74) is 0.629. The molecule has 1 aromatic heterocycles. The molecule has 0 atom stereocenters. The molecule has 0 aliphatic rings. The molecule has 0 spiro atoms. The van der Waals surface area contributed by atoms with Crippen molar-refractivity contribution < 1.29 is 4.79 Å². The normalized spacial score (nSPS) is 10.9. The van der Waals surface area contributed by atoms with Crippen molar-refractivity contribution in [2.24, 2.45) is 0 Å². The van der Waals surface area contributed by atoms with Gasteiger partial charge in [0, 0.05) is 11.3 Å². The SMILES string of the molecule is O=C(CCCSc1ccccc1)Nc1nc2c(Cl)c(Cl)ccc2s1. The van der Waals surface area contributed by atoms with E-state index in [0.29, 0.717) is 27.1 Å². The minimum atomic E-state index is -0.0371. The monoisotopic (exact) mass is 396 g/mol. The van der Waals surface area contributed by atoms with Gasteiger partial charge in [-0.05, 0) is 36.4 Å². The number of nitrogens with zero attached hydrogens (tertiary/aromatic N) is 1. The molecule has 3 rings (SSSR count). The maximum Gasteiger partial charge on any atom is 0.226 e. The number of aromatic nitrogens is 1. The average Bonchev–Trinajstić information content (AvgIpc) is 2.99. The molecule has 0 unspecified atom stereocenters. The van der Waals surface area contributed by atoms with Crippen LogP contribution in [0, 0.1) is 0 Å². The van der Waals surface area contributed by atoms with Gasteiger partial charge in [-0.25, -0.2) is 4.98 Å². The summed E-state index contributed by atoms with van der Waals surface area (Å²) in [4.78, 5) is 17.6. The first-order valence-corrected chi connectivity index (χ1v) is 9.91. The highest BCUT2D eigenvalue weighted by Gasteiger charge is 2.12. The number of carbonyl (C=O) groups excluding carboxylic acids is 1. The average molecular weight is 397 g/mol. The molecule has 0 aliphatic carbocycles. The van der Waals surface area contributed by atoms with E-state index in [1.807, 2.05) is 24.3 Å². The van der Waals surface area contributed by atoms with Crippen molar-refractivity contribution >= 4 is 67.6 Å². The third-order valence-electron chi connectivity index (χ3n) is 3.26. The van der Waals surface area contributed by atoms with Gasteiger partial charge in [0.25, 0.3) is 0 Å². The van der Waals surface area contributed by atoms with Gasteiger partial charge in [-0.1, -0.05) is 52.7 Å². The summed E-state index contributed by atoms with van der Waals surface area (Å²) in [6, 6.07) is 13.7. The molecular formula is C17H14Cl2N2OS2. The van der Waals surface area contributed by atoms with Crippen LogP contribution in [-0.4, -0.2) is 16.6 Å². The lowest BCUT2D eigenvalue weighted by Gasteiger charge is -2.02. The first-order valence-electron chi connectivity index (χ1n) is 7.36. The van der Waals surface area contributed by atoms with E-state index in [1.165, 1.54) is 16.2 Å². The molecular weight excluding hydrogens is 383 g/mol. The molecule has 2 aromatic carbocycles. The standard InChI is InChI=1S/C17H14Cl2N2OS2/c18-12-8-9-13-16(15(12)19)21-17(24-13)20-14(22)7-4-10-23-11-5-2-1-3-6-11/h1-3,5-6,8-9H,4,7,10H2,(H,20,21,22). The summed E-state index contributed by atoms with van der Waals surface area (Å²) in [5, 5.41) is 4.27. The Morgan fingerprint density at radius 1 is 1.17 bits per heavy atom. The van der Waals surface area contributed by atoms with Gasteiger partial charge in [0.2, 0.25) is 5.91 Å². The fourth-order valence-electron chi connectivity index (χ4n) is 2.11. The second-order valence-corrected chi connectivity index (χ2v) is 8.02. The summed E-state index contributed by atoms with van der Waals surface area (Å²) in [7, 11) is 0. The molecule has 24 heavy (non-hydrogen) atoms. The summed E-state index contributed by atoms with van der Waals surface area (Å²) < 4.78 is 0.902. The summed E-state index contributed by atoms with van der Waals surface area (Å²) in [6.07, 6.45) is 1.27. The van der Waals surface area contributed by atoms with Gasteiger partial charge < -0.3 is 5.32 Å². The minimum Gasteiger partial charge on any atom is -0.302 e. The number of hydrogen-bond donors (Lipinski definition) is 1. The molecule has 1 amide bonds. The first-order chi connectivity index (χ1) is 11.6. The number of nitrogens with one attached hydrogen (secondary N) is 1. The van der Waals surface area contributed by atoms with Crippen molar-refractivity contribution in [1.82, 2.24) is 4.98 Å². The third-order valence-corrected chi connectivity index (χ3v) is 6.09. The van der Waals surface area contributed by atoms with Crippen LogP contribution >= 0.6 is 46.3 Å². The molecule has 3 aromatic rings. The van der Waals surface area contributed by atoms with E-state index in [9.17, 15) is 4.79 Å².